The zero-order valence-electron chi connectivity index (χ0n) is 11.3. The predicted octanol–water partition coefficient (Wildman–Crippen LogP) is 2.78. The van der Waals surface area contributed by atoms with Crippen LogP contribution in [-0.2, 0) is 0 Å². The first-order valence-corrected chi connectivity index (χ1v) is 7.87. The van der Waals surface area contributed by atoms with E-state index in [1.807, 2.05) is 0 Å². The zero-order valence-corrected chi connectivity index (χ0v) is 11.3. The highest BCUT2D eigenvalue weighted by molar-refractivity contribution is 4.98. The highest BCUT2D eigenvalue weighted by Crippen LogP contribution is 2.34. The molecule has 2 saturated heterocycles. The summed E-state index contributed by atoms with van der Waals surface area (Å²) < 4.78 is 0. The standard InChI is InChI=1S/C15H28N2/c1-2-17(14-6-4-3-5-7-14)11-12-10-13-8-9-15(12)16-13/h12-16H,2-11H2,1H3. The largest absolute Gasteiger partial charge is 0.311 e. The fourth-order valence-electron chi connectivity index (χ4n) is 4.42. The Hall–Kier alpha value is -0.0800. The summed E-state index contributed by atoms with van der Waals surface area (Å²) in [5, 5.41) is 3.78. The van der Waals surface area contributed by atoms with Crippen molar-refractivity contribution in [2.75, 3.05) is 13.1 Å². The summed E-state index contributed by atoms with van der Waals surface area (Å²) in [4.78, 5) is 2.80. The monoisotopic (exact) mass is 236 g/mol. The second-order valence-electron chi connectivity index (χ2n) is 6.42. The minimum atomic E-state index is 0.859. The Morgan fingerprint density at radius 3 is 2.47 bits per heavy atom. The van der Waals surface area contributed by atoms with Gasteiger partial charge in [0.1, 0.15) is 0 Å². The minimum absolute atomic E-state index is 0.859. The Kier molecular flexibility index (Phi) is 3.72. The van der Waals surface area contributed by atoms with Crippen molar-refractivity contribution in [1.82, 2.24) is 10.2 Å². The molecule has 17 heavy (non-hydrogen) atoms. The van der Waals surface area contributed by atoms with Crippen molar-refractivity contribution >= 4 is 0 Å². The number of hydrogen-bond acceptors (Lipinski definition) is 2. The van der Waals surface area contributed by atoms with Crippen molar-refractivity contribution in [3.8, 4) is 0 Å². The SMILES string of the molecule is CCN(CC1CC2CCC1N2)C1CCCCC1. The van der Waals surface area contributed by atoms with Crippen LogP contribution in [0.25, 0.3) is 0 Å². The van der Waals surface area contributed by atoms with Gasteiger partial charge in [-0.05, 0) is 44.6 Å². The number of rotatable bonds is 4. The number of fused-ring (bicyclic) bond motifs is 2. The Balaban J connectivity index is 1.54. The highest BCUT2D eigenvalue weighted by atomic mass is 15.2. The third-order valence-corrected chi connectivity index (χ3v) is 5.40. The van der Waals surface area contributed by atoms with E-state index in [9.17, 15) is 0 Å². The lowest BCUT2D eigenvalue weighted by atomic mass is 9.87. The lowest BCUT2D eigenvalue weighted by Crippen LogP contribution is -2.42. The molecule has 3 rings (SSSR count). The van der Waals surface area contributed by atoms with E-state index in [0.717, 1.165) is 24.0 Å². The van der Waals surface area contributed by atoms with Gasteiger partial charge in [0.05, 0.1) is 0 Å². The Labute approximate surface area is 106 Å². The molecule has 3 aliphatic rings. The van der Waals surface area contributed by atoms with Crippen molar-refractivity contribution in [3.05, 3.63) is 0 Å². The van der Waals surface area contributed by atoms with Gasteiger partial charge in [-0.25, -0.2) is 0 Å². The van der Waals surface area contributed by atoms with Crippen LogP contribution in [0.2, 0.25) is 0 Å². The topological polar surface area (TPSA) is 15.3 Å². The first-order chi connectivity index (χ1) is 8.36. The molecule has 2 heterocycles. The second-order valence-corrected chi connectivity index (χ2v) is 6.42. The molecule has 0 radical (unpaired) electrons. The molecule has 2 nitrogen and oxygen atoms in total. The van der Waals surface area contributed by atoms with E-state index in [2.05, 4.69) is 17.1 Å². The van der Waals surface area contributed by atoms with Crippen molar-refractivity contribution in [3.63, 3.8) is 0 Å². The van der Waals surface area contributed by atoms with Crippen LogP contribution in [-0.4, -0.2) is 36.1 Å². The molecule has 1 saturated carbocycles. The number of nitrogens with zero attached hydrogens (tertiary/aromatic N) is 1. The molecule has 0 aromatic rings. The summed E-state index contributed by atoms with van der Waals surface area (Å²) in [5.41, 5.74) is 0. The fourth-order valence-corrected chi connectivity index (χ4v) is 4.42. The molecule has 2 aliphatic heterocycles. The first kappa shape index (κ1) is 12.0. The molecule has 3 unspecified atom stereocenters. The molecule has 2 bridgehead atoms. The van der Waals surface area contributed by atoms with Gasteiger partial charge in [0.15, 0.2) is 0 Å². The van der Waals surface area contributed by atoms with E-state index in [0.29, 0.717) is 0 Å². The Bertz CT molecular complexity index is 247. The summed E-state index contributed by atoms with van der Waals surface area (Å²) in [6.07, 6.45) is 11.7. The molecular weight excluding hydrogens is 208 g/mol. The van der Waals surface area contributed by atoms with Gasteiger partial charge in [0.2, 0.25) is 0 Å². The van der Waals surface area contributed by atoms with Gasteiger partial charge in [0, 0.05) is 24.7 Å². The molecular formula is C15H28N2. The highest BCUT2D eigenvalue weighted by Gasteiger charge is 2.40. The van der Waals surface area contributed by atoms with E-state index in [1.54, 1.807) is 0 Å². The van der Waals surface area contributed by atoms with Crippen molar-refractivity contribution in [2.24, 2.45) is 5.92 Å². The summed E-state index contributed by atoms with van der Waals surface area (Å²) >= 11 is 0. The average Bonchev–Trinajstić information content (AvgIpc) is 2.99. The van der Waals surface area contributed by atoms with Crippen molar-refractivity contribution in [2.45, 2.75) is 76.4 Å². The summed E-state index contributed by atoms with van der Waals surface area (Å²) in [7, 11) is 0. The maximum atomic E-state index is 3.78. The normalized spacial score (nSPS) is 38.1. The molecule has 98 valence electrons. The van der Waals surface area contributed by atoms with E-state index < -0.39 is 0 Å². The lowest BCUT2D eigenvalue weighted by Gasteiger charge is -2.36. The van der Waals surface area contributed by atoms with Gasteiger partial charge in [-0.3, -0.25) is 0 Å². The van der Waals surface area contributed by atoms with Gasteiger partial charge < -0.3 is 10.2 Å². The fraction of sp³-hybridized carbons (Fsp3) is 1.00. The summed E-state index contributed by atoms with van der Waals surface area (Å²) in [6, 6.07) is 2.64. The molecule has 0 spiro atoms. The van der Waals surface area contributed by atoms with Crippen LogP contribution in [0.15, 0.2) is 0 Å². The lowest BCUT2D eigenvalue weighted by molar-refractivity contribution is 0.131. The quantitative estimate of drug-likeness (QED) is 0.807. The van der Waals surface area contributed by atoms with Crippen molar-refractivity contribution < 1.29 is 0 Å². The Morgan fingerprint density at radius 1 is 1.06 bits per heavy atom. The molecule has 3 atom stereocenters. The molecule has 0 aromatic carbocycles. The minimum Gasteiger partial charge on any atom is -0.311 e. The van der Waals surface area contributed by atoms with E-state index >= 15 is 0 Å². The van der Waals surface area contributed by atoms with Crippen LogP contribution >= 0.6 is 0 Å². The molecule has 3 fully saturated rings. The number of nitrogens with one attached hydrogen (secondary N) is 1. The smallest absolute Gasteiger partial charge is 0.0111 e. The van der Waals surface area contributed by atoms with Gasteiger partial charge in [-0.2, -0.15) is 0 Å². The van der Waals surface area contributed by atoms with Crippen LogP contribution in [0.5, 0.6) is 0 Å². The molecule has 0 amide bonds. The van der Waals surface area contributed by atoms with Gasteiger partial charge in [-0.15, -0.1) is 0 Å². The van der Waals surface area contributed by atoms with Crippen molar-refractivity contribution in [1.29, 1.82) is 0 Å². The molecule has 1 aliphatic carbocycles. The van der Waals surface area contributed by atoms with Crippen LogP contribution < -0.4 is 5.32 Å². The zero-order chi connectivity index (χ0) is 11.7. The average molecular weight is 236 g/mol. The van der Waals surface area contributed by atoms with Crippen LogP contribution in [0, 0.1) is 5.92 Å². The van der Waals surface area contributed by atoms with E-state index in [4.69, 9.17) is 0 Å². The van der Waals surface area contributed by atoms with Crippen LogP contribution in [0.3, 0.4) is 0 Å². The van der Waals surface area contributed by atoms with E-state index in [1.165, 1.54) is 64.5 Å². The first-order valence-electron chi connectivity index (χ1n) is 7.87. The third-order valence-electron chi connectivity index (χ3n) is 5.40. The molecule has 1 N–H and O–H groups in total. The van der Waals surface area contributed by atoms with Gasteiger partial charge in [-0.1, -0.05) is 26.2 Å². The number of hydrogen-bond donors (Lipinski definition) is 1. The Morgan fingerprint density at radius 2 is 1.88 bits per heavy atom. The second kappa shape index (κ2) is 5.27. The molecule has 2 heteroatoms. The van der Waals surface area contributed by atoms with Crippen LogP contribution in [0.1, 0.15) is 58.3 Å². The maximum Gasteiger partial charge on any atom is 0.0111 e. The summed E-state index contributed by atoms with van der Waals surface area (Å²) in [6.45, 7) is 4.99. The van der Waals surface area contributed by atoms with E-state index in [-0.39, 0.29) is 0 Å². The van der Waals surface area contributed by atoms with Crippen LogP contribution in [0.4, 0.5) is 0 Å². The summed E-state index contributed by atoms with van der Waals surface area (Å²) in [5.74, 6) is 0.954. The van der Waals surface area contributed by atoms with Gasteiger partial charge >= 0.3 is 0 Å². The van der Waals surface area contributed by atoms with Gasteiger partial charge in [0.25, 0.3) is 0 Å². The third kappa shape index (κ3) is 2.53. The predicted molar refractivity (Wildman–Crippen MR) is 72.2 cm³/mol. The molecule has 0 aromatic heterocycles. The maximum absolute atomic E-state index is 3.78.